The Kier molecular flexibility index (Phi) is 2.70. The minimum Gasteiger partial charge on any atom is -0.456 e. The summed E-state index contributed by atoms with van der Waals surface area (Å²) in [6.07, 6.45) is 0. The predicted molar refractivity (Wildman–Crippen MR) is 183 cm³/mol. The van der Waals surface area contributed by atoms with Gasteiger partial charge in [0, 0.05) is 10.8 Å². The van der Waals surface area contributed by atoms with E-state index in [2.05, 4.69) is 0 Å². The van der Waals surface area contributed by atoms with Crippen LogP contribution < -0.4 is 0 Å². The van der Waals surface area contributed by atoms with Gasteiger partial charge in [-0.05, 0) is 77.8 Å². The van der Waals surface area contributed by atoms with Gasteiger partial charge < -0.3 is 4.42 Å². The first-order valence-corrected chi connectivity index (χ1v) is 13.3. The van der Waals surface area contributed by atoms with E-state index >= 15 is 0 Å². The Labute approximate surface area is 274 Å². The smallest absolute Gasteiger partial charge is 0.136 e. The number of furan rings is 1. The molecule has 43 heavy (non-hydrogen) atoms. The van der Waals surface area contributed by atoms with Crippen molar-refractivity contribution in [1.82, 2.24) is 0 Å². The average molecular weight is 565 g/mol. The summed E-state index contributed by atoms with van der Waals surface area (Å²) in [4.78, 5) is 0. The molecule has 0 aliphatic rings. The van der Waals surface area contributed by atoms with E-state index in [0.717, 1.165) is 0 Å². The highest BCUT2D eigenvalue weighted by Gasteiger charge is 2.18. The van der Waals surface area contributed by atoms with Gasteiger partial charge in [0.05, 0.1) is 24.7 Å². The zero-order valence-electron chi connectivity index (χ0n) is 40.0. The number of fused-ring (bicyclic) bond motifs is 7. The van der Waals surface area contributed by atoms with Crippen molar-refractivity contribution in [2.24, 2.45) is 0 Å². The van der Waals surface area contributed by atoms with Crippen LogP contribution in [0.25, 0.3) is 87.6 Å². The van der Waals surface area contributed by atoms with Crippen LogP contribution in [0.5, 0.6) is 0 Å². The van der Waals surface area contributed by atoms with Gasteiger partial charge in [0.15, 0.2) is 0 Å². The third kappa shape index (κ3) is 3.65. The first kappa shape index (κ1) is 12.3. The van der Waals surface area contributed by atoms with Gasteiger partial charge >= 0.3 is 0 Å². The van der Waals surface area contributed by atoms with Gasteiger partial charge in [-0.15, -0.1) is 0 Å². The Balaban J connectivity index is 1.45. The largest absolute Gasteiger partial charge is 0.456 e. The summed E-state index contributed by atoms with van der Waals surface area (Å²) in [5, 5.41) is 0.362. The quantitative estimate of drug-likeness (QED) is 0.195. The molecule has 0 atom stereocenters. The normalized spacial score (nSPS) is 17.6. The second kappa shape index (κ2) is 9.44. The van der Waals surface area contributed by atoms with Crippen LogP contribution in [0.15, 0.2) is 162 Å². The summed E-state index contributed by atoms with van der Waals surface area (Å²) in [5.41, 5.74) is -1.49. The molecule has 0 unspecified atom stereocenters. The highest BCUT2D eigenvalue weighted by molar-refractivity contribution is 6.23. The lowest BCUT2D eigenvalue weighted by molar-refractivity contribution is 0.669. The third-order valence-corrected chi connectivity index (χ3v) is 7.57. The molecule has 0 saturated carbocycles. The SMILES string of the molecule is [2H]c1c([2H])c([2H])c(-c2c3ccccc3c(-c3c([2H])c([2H])c(-c4c([2H])c([2H])c([2H])c5oc6c([2H])c([2H])c7c([2H])c([2H])c([2H])c([2H])c7c6c45)c([2H])c3[2H])c3ccccc23)c([2H])c1[2H]. The number of hydrogen-bond donors (Lipinski definition) is 0. The second-order valence-corrected chi connectivity index (χ2v) is 9.85. The molecule has 0 radical (unpaired) electrons. The molecule has 0 N–H and O–H groups in total. The summed E-state index contributed by atoms with van der Waals surface area (Å²) in [6, 6.07) is 2.30. The van der Waals surface area contributed by atoms with E-state index in [1.165, 1.54) is 0 Å². The van der Waals surface area contributed by atoms with Crippen LogP contribution in [0.2, 0.25) is 0 Å². The number of hydrogen-bond acceptors (Lipinski definition) is 1. The van der Waals surface area contributed by atoms with E-state index in [9.17, 15) is 5.48 Å². The molecule has 0 fully saturated rings. The van der Waals surface area contributed by atoms with Crippen molar-refractivity contribution in [1.29, 1.82) is 0 Å². The van der Waals surface area contributed by atoms with Crippen molar-refractivity contribution >= 4 is 54.3 Å². The van der Waals surface area contributed by atoms with Crippen molar-refractivity contribution in [3.05, 3.63) is 157 Å². The summed E-state index contributed by atoms with van der Waals surface area (Å²) in [7, 11) is 0. The summed E-state index contributed by atoms with van der Waals surface area (Å²) >= 11 is 0. The molecule has 0 aliphatic carbocycles. The van der Waals surface area contributed by atoms with Crippen LogP contribution in [0.3, 0.4) is 0 Å². The molecule has 0 amide bonds. The molecule has 1 nitrogen and oxygen atoms in total. The molecule has 1 heteroatoms. The van der Waals surface area contributed by atoms with Gasteiger partial charge in [-0.2, -0.15) is 0 Å². The Morgan fingerprint density at radius 1 is 0.395 bits per heavy atom. The van der Waals surface area contributed by atoms with Crippen LogP contribution in [0.4, 0.5) is 0 Å². The van der Waals surface area contributed by atoms with Crippen LogP contribution in [0.1, 0.15) is 24.7 Å². The fourth-order valence-corrected chi connectivity index (χ4v) is 5.80. The molecule has 9 rings (SSSR count). The lowest BCUT2D eigenvalue weighted by atomic mass is 9.85. The van der Waals surface area contributed by atoms with Crippen LogP contribution in [-0.2, 0) is 0 Å². The van der Waals surface area contributed by atoms with Crippen molar-refractivity contribution in [2.75, 3.05) is 0 Å². The molecular weight excluding hydrogens is 520 g/mol. The van der Waals surface area contributed by atoms with Crippen LogP contribution >= 0.6 is 0 Å². The molecule has 1 aromatic heterocycles. The maximum atomic E-state index is 9.54. The van der Waals surface area contributed by atoms with Crippen molar-refractivity contribution in [3.63, 3.8) is 0 Å². The monoisotopic (exact) mass is 564 g/mol. The lowest BCUT2D eigenvalue weighted by Crippen LogP contribution is -1.90. The maximum Gasteiger partial charge on any atom is 0.136 e. The lowest BCUT2D eigenvalue weighted by Gasteiger charge is -2.18. The molecule has 8 aromatic carbocycles. The minimum atomic E-state index is -0.730. The van der Waals surface area contributed by atoms with Crippen LogP contribution in [-0.4, -0.2) is 0 Å². The van der Waals surface area contributed by atoms with Gasteiger partial charge in [0.2, 0.25) is 0 Å². The molecule has 0 bridgehead atoms. The fraction of sp³-hybridized carbons (Fsp3) is 0. The van der Waals surface area contributed by atoms with Gasteiger partial charge in [0.25, 0.3) is 0 Å². The molecule has 0 aliphatic heterocycles. The number of benzene rings is 8. The van der Waals surface area contributed by atoms with Crippen molar-refractivity contribution in [3.8, 4) is 33.4 Å². The molecular formula is C42H26O. The fourth-order valence-electron chi connectivity index (χ4n) is 5.80. The molecule has 9 aromatic rings. The van der Waals surface area contributed by atoms with E-state index in [1.807, 2.05) is 0 Å². The maximum absolute atomic E-state index is 9.54. The van der Waals surface area contributed by atoms with Gasteiger partial charge in [0.1, 0.15) is 11.2 Å². The first-order valence-electron chi connectivity index (χ1n) is 22.3. The van der Waals surface area contributed by atoms with Gasteiger partial charge in [-0.25, -0.2) is 0 Å². The Bertz CT molecular complexity index is 3400. The minimum absolute atomic E-state index is 0.0750. The van der Waals surface area contributed by atoms with E-state index in [-0.39, 0.29) is 38.2 Å². The topological polar surface area (TPSA) is 13.1 Å². The Morgan fingerprint density at radius 2 is 0.953 bits per heavy atom. The average Bonchev–Trinajstić information content (AvgIpc) is 3.65. The zero-order chi connectivity index (χ0) is 44.0. The van der Waals surface area contributed by atoms with Gasteiger partial charge in [-0.3, -0.25) is 0 Å². The summed E-state index contributed by atoms with van der Waals surface area (Å²) in [6.45, 7) is 0. The third-order valence-electron chi connectivity index (χ3n) is 7.57. The van der Waals surface area contributed by atoms with E-state index in [1.54, 1.807) is 48.5 Å². The summed E-state index contributed by atoms with van der Waals surface area (Å²) in [5.74, 6) is 0. The highest BCUT2D eigenvalue weighted by atomic mass is 16.3. The molecule has 0 saturated heterocycles. The predicted octanol–water partition coefficient (Wildman–Crippen LogP) is 12.0. The molecule has 0 spiro atoms. The number of rotatable bonds is 3. The van der Waals surface area contributed by atoms with E-state index < -0.39 is 131 Å². The van der Waals surface area contributed by atoms with Crippen LogP contribution in [0, 0.1) is 0 Å². The highest BCUT2D eigenvalue weighted by Crippen LogP contribution is 2.45. The Morgan fingerprint density at radius 3 is 1.63 bits per heavy atom. The zero-order valence-corrected chi connectivity index (χ0v) is 22.0. The first-order chi connectivity index (χ1) is 28.8. The van der Waals surface area contributed by atoms with E-state index in [0.29, 0.717) is 27.1 Å². The molecule has 1 heterocycles. The van der Waals surface area contributed by atoms with E-state index in [4.69, 9.17) is 23.6 Å². The van der Waals surface area contributed by atoms with Crippen molar-refractivity contribution in [2.45, 2.75) is 0 Å². The van der Waals surface area contributed by atoms with Gasteiger partial charge in [-0.1, -0.05) is 145 Å². The summed E-state index contributed by atoms with van der Waals surface area (Å²) < 4.78 is 165. The second-order valence-electron chi connectivity index (χ2n) is 9.85. The molecule has 200 valence electrons. The standard InChI is InChI=1S/C42H26O/c1-2-12-29(13-3-1)39-33-15-6-8-17-35(33)40(36-18-9-7-16-34(36)39)30-23-21-28(22-24-30)32-19-10-20-37-41(32)42-31-14-5-4-11-27(31)25-26-38(42)43-37/h1-26H/i1D,2D,3D,4D,5D,10D,11D,12D,13D,14D,19D,20D,21D,22D,23D,24D,25D,26D. The van der Waals surface area contributed by atoms with Crippen molar-refractivity contribution < 1.29 is 29.1 Å². The Hall–Kier alpha value is -5.66.